The molecule has 126 valence electrons. The third-order valence-electron chi connectivity index (χ3n) is 3.47. The van der Waals surface area contributed by atoms with E-state index in [1.165, 1.54) is 12.1 Å². The Morgan fingerprint density at radius 1 is 1.04 bits per heavy atom. The van der Waals surface area contributed by atoms with Gasteiger partial charge >= 0.3 is 0 Å². The molecule has 24 heavy (non-hydrogen) atoms. The molecule has 0 atom stereocenters. The van der Waals surface area contributed by atoms with Crippen LogP contribution in [0, 0.1) is 5.82 Å². The summed E-state index contributed by atoms with van der Waals surface area (Å²) < 4.78 is 18.6. The molecule has 0 saturated heterocycles. The number of anilines is 1. The van der Waals surface area contributed by atoms with Crippen molar-refractivity contribution in [3.8, 4) is 0 Å². The van der Waals surface area contributed by atoms with Crippen molar-refractivity contribution in [2.75, 3.05) is 18.4 Å². The van der Waals surface area contributed by atoms with E-state index in [1.807, 2.05) is 12.1 Å². The molecule has 0 spiro atoms. The predicted octanol–water partition coefficient (Wildman–Crippen LogP) is 4.87. The number of halogens is 3. The summed E-state index contributed by atoms with van der Waals surface area (Å²) in [7, 11) is 0. The Bertz CT molecular complexity index is 838. The van der Waals surface area contributed by atoms with Crippen LogP contribution in [0.4, 0.5) is 10.4 Å². The van der Waals surface area contributed by atoms with Gasteiger partial charge in [-0.05, 0) is 42.8 Å². The van der Waals surface area contributed by atoms with Gasteiger partial charge in [0.15, 0.2) is 5.58 Å². The highest BCUT2D eigenvalue weighted by Gasteiger charge is 2.05. The smallest absolute Gasteiger partial charge is 0.295 e. The zero-order valence-corrected chi connectivity index (χ0v) is 14.3. The van der Waals surface area contributed by atoms with Gasteiger partial charge < -0.3 is 15.1 Å². The van der Waals surface area contributed by atoms with E-state index in [2.05, 4.69) is 15.6 Å². The number of nitrogens with zero attached hydrogens (tertiary/aromatic N) is 1. The van der Waals surface area contributed by atoms with Crippen molar-refractivity contribution < 1.29 is 8.81 Å². The molecule has 0 radical (unpaired) electrons. The van der Waals surface area contributed by atoms with E-state index >= 15 is 0 Å². The standard InChI is InChI=1S/C17H16Cl2FN3O/c18-13-4-2-11(8-14(13)19)10-21-6-1-7-22-17-23-15-9-12(20)3-5-16(15)24-17/h2-5,8-9,21H,1,6-7,10H2,(H,22,23). The fourth-order valence-electron chi connectivity index (χ4n) is 2.27. The quantitative estimate of drug-likeness (QED) is 0.585. The Hall–Kier alpha value is -1.82. The van der Waals surface area contributed by atoms with Crippen molar-refractivity contribution in [2.24, 2.45) is 0 Å². The lowest BCUT2D eigenvalue weighted by molar-refractivity contribution is 0.602. The average Bonchev–Trinajstić information content (AvgIpc) is 2.95. The molecule has 0 aliphatic rings. The number of hydrogen-bond acceptors (Lipinski definition) is 4. The van der Waals surface area contributed by atoms with Crippen LogP contribution in [0.2, 0.25) is 10.0 Å². The van der Waals surface area contributed by atoms with E-state index in [0.29, 0.717) is 33.7 Å². The largest absolute Gasteiger partial charge is 0.424 e. The fraction of sp³-hybridized carbons (Fsp3) is 0.235. The second-order valence-electron chi connectivity index (χ2n) is 5.34. The molecule has 3 aromatic rings. The average molecular weight is 368 g/mol. The molecule has 0 fully saturated rings. The molecule has 1 aromatic heterocycles. The lowest BCUT2D eigenvalue weighted by Crippen LogP contribution is -2.17. The zero-order chi connectivity index (χ0) is 16.9. The summed E-state index contributed by atoms with van der Waals surface area (Å²) in [6, 6.07) is 10.3. The normalized spacial score (nSPS) is 11.1. The van der Waals surface area contributed by atoms with Gasteiger partial charge in [0.1, 0.15) is 11.3 Å². The van der Waals surface area contributed by atoms with E-state index in [4.69, 9.17) is 27.6 Å². The number of benzene rings is 2. The molecule has 2 aromatic carbocycles. The van der Waals surface area contributed by atoms with Crippen molar-refractivity contribution in [3.05, 3.63) is 57.8 Å². The number of nitrogens with one attached hydrogen (secondary N) is 2. The summed E-state index contributed by atoms with van der Waals surface area (Å²) in [4.78, 5) is 4.19. The maximum absolute atomic E-state index is 13.1. The lowest BCUT2D eigenvalue weighted by Gasteiger charge is -2.06. The topological polar surface area (TPSA) is 50.1 Å². The molecule has 0 unspecified atom stereocenters. The highest BCUT2D eigenvalue weighted by molar-refractivity contribution is 6.42. The van der Waals surface area contributed by atoms with Gasteiger partial charge in [0.05, 0.1) is 10.0 Å². The third-order valence-corrected chi connectivity index (χ3v) is 4.21. The van der Waals surface area contributed by atoms with Crippen molar-refractivity contribution in [3.63, 3.8) is 0 Å². The van der Waals surface area contributed by atoms with Crippen molar-refractivity contribution in [1.29, 1.82) is 0 Å². The summed E-state index contributed by atoms with van der Waals surface area (Å²) in [6.45, 7) is 2.24. The van der Waals surface area contributed by atoms with Crippen LogP contribution in [0.3, 0.4) is 0 Å². The highest BCUT2D eigenvalue weighted by Crippen LogP contribution is 2.22. The molecule has 0 saturated carbocycles. The molecule has 0 amide bonds. The van der Waals surface area contributed by atoms with Gasteiger partial charge in [-0.25, -0.2) is 4.39 Å². The minimum Gasteiger partial charge on any atom is -0.424 e. The number of rotatable bonds is 7. The van der Waals surface area contributed by atoms with Gasteiger partial charge in [0, 0.05) is 19.2 Å². The Balaban J connectivity index is 1.39. The molecule has 0 aliphatic heterocycles. The maximum atomic E-state index is 13.1. The third kappa shape index (κ3) is 4.38. The van der Waals surface area contributed by atoms with Crippen molar-refractivity contribution in [1.82, 2.24) is 10.3 Å². The summed E-state index contributed by atoms with van der Waals surface area (Å²) in [5.41, 5.74) is 2.16. The summed E-state index contributed by atoms with van der Waals surface area (Å²) in [5, 5.41) is 7.53. The zero-order valence-electron chi connectivity index (χ0n) is 12.8. The van der Waals surface area contributed by atoms with E-state index in [-0.39, 0.29) is 5.82 Å². The monoisotopic (exact) mass is 367 g/mol. The van der Waals surface area contributed by atoms with Crippen molar-refractivity contribution in [2.45, 2.75) is 13.0 Å². The first kappa shape index (κ1) is 17.0. The minimum absolute atomic E-state index is 0.325. The van der Waals surface area contributed by atoms with Crippen LogP contribution in [0.25, 0.3) is 11.1 Å². The first-order valence-corrected chi connectivity index (χ1v) is 8.32. The van der Waals surface area contributed by atoms with Crippen LogP contribution in [-0.4, -0.2) is 18.1 Å². The Labute approximate surface area is 149 Å². The van der Waals surface area contributed by atoms with E-state index in [9.17, 15) is 4.39 Å². The van der Waals surface area contributed by atoms with Gasteiger partial charge in [-0.15, -0.1) is 0 Å². The van der Waals surface area contributed by atoms with E-state index in [0.717, 1.165) is 25.1 Å². The van der Waals surface area contributed by atoms with Crippen LogP contribution in [-0.2, 0) is 6.54 Å². The van der Waals surface area contributed by atoms with E-state index in [1.54, 1.807) is 12.1 Å². The van der Waals surface area contributed by atoms with E-state index < -0.39 is 0 Å². The number of aromatic nitrogens is 1. The SMILES string of the molecule is Fc1ccc2oc(NCCCNCc3ccc(Cl)c(Cl)c3)nc2c1. The van der Waals surface area contributed by atoms with Gasteiger partial charge in [0.25, 0.3) is 6.01 Å². The molecule has 7 heteroatoms. The molecule has 1 heterocycles. The second-order valence-corrected chi connectivity index (χ2v) is 6.15. The number of hydrogen-bond donors (Lipinski definition) is 2. The molecule has 0 bridgehead atoms. The van der Waals surface area contributed by atoms with Crippen LogP contribution in [0.5, 0.6) is 0 Å². The Morgan fingerprint density at radius 3 is 2.75 bits per heavy atom. The van der Waals surface area contributed by atoms with Gasteiger partial charge in [-0.1, -0.05) is 29.3 Å². The van der Waals surface area contributed by atoms with Gasteiger partial charge in [-0.2, -0.15) is 4.98 Å². The molecular weight excluding hydrogens is 352 g/mol. The second kappa shape index (κ2) is 7.83. The highest BCUT2D eigenvalue weighted by atomic mass is 35.5. The summed E-state index contributed by atoms with van der Waals surface area (Å²) in [6.07, 6.45) is 0.883. The van der Waals surface area contributed by atoms with Crippen LogP contribution < -0.4 is 10.6 Å². The Kier molecular flexibility index (Phi) is 5.56. The van der Waals surface area contributed by atoms with Crippen LogP contribution >= 0.6 is 23.2 Å². The molecule has 3 rings (SSSR count). The predicted molar refractivity (Wildman–Crippen MR) is 95.2 cm³/mol. The first-order chi connectivity index (χ1) is 11.6. The van der Waals surface area contributed by atoms with Gasteiger partial charge in [0.2, 0.25) is 0 Å². The molecule has 2 N–H and O–H groups in total. The minimum atomic E-state index is -0.325. The number of fused-ring (bicyclic) bond motifs is 1. The molecule has 4 nitrogen and oxygen atoms in total. The molecular formula is C17H16Cl2FN3O. The first-order valence-electron chi connectivity index (χ1n) is 7.56. The summed E-state index contributed by atoms with van der Waals surface area (Å²) in [5.74, 6) is -0.325. The van der Waals surface area contributed by atoms with Crippen LogP contribution in [0.15, 0.2) is 40.8 Å². The lowest BCUT2D eigenvalue weighted by atomic mass is 10.2. The van der Waals surface area contributed by atoms with Crippen LogP contribution in [0.1, 0.15) is 12.0 Å². The number of oxazole rings is 1. The van der Waals surface area contributed by atoms with Crippen molar-refractivity contribution >= 4 is 40.3 Å². The summed E-state index contributed by atoms with van der Waals surface area (Å²) >= 11 is 11.9. The fourth-order valence-corrected chi connectivity index (χ4v) is 2.59. The Morgan fingerprint density at radius 2 is 1.92 bits per heavy atom. The maximum Gasteiger partial charge on any atom is 0.295 e. The molecule has 0 aliphatic carbocycles. The van der Waals surface area contributed by atoms with Gasteiger partial charge in [-0.3, -0.25) is 0 Å².